The SMILES string of the molecule is Cc1ccc2c(c1)N=Cc1cc3cc(-n4ccc5cc(C(F)(F)F)ccc54)ccc3nc1O2. The molecule has 0 N–H and O–H groups in total. The molecule has 5 aromatic rings. The number of hydrogen-bond acceptors (Lipinski definition) is 3. The molecule has 0 atom stereocenters. The largest absolute Gasteiger partial charge is 0.436 e. The van der Waals surface area contributed by atoms with E-state index in [1.54, 1.807) is 18.5 Å². The van der Waals surface area contributed by atoms with Crippen LogP contribution in [0.1, 0.15) is 16.7 Å². The Morgan fingerprint density at radius 1 is 0.879 bits per heavy atom. The maximum Gasteiger partial charge on any atom is 0.416 e. The highest BCUT2D eigenvalue weighted by molar-refractivity contribution is 5.94. The van der Waals surface area contributed by atoms with E-state index in [-0.39, 0.29) is 0 Å². The van der Waals surface area contributed by atoms with Crippen molar-refractivity contribution in [2.24, 2.45) is 4.99 Å². The highest BCUT2D eigenvalue weighted by atomic mass is 19.4. The maximum atomic E-state index is 13.1. The zero-order chi connectivity index (χ0) is 22.7. The number of aromatic nitrogens is 2. The van der Waals surface area contributed by atoms with Crippen molar-refractivity contribution in [1.29, 1.82) is 0 Å². The molecule has 3 heterocycles. The van der Waals surface area contributed by atoms with E-state index in [4.69, 9.17) is 4.74 Å². The molecule has 0 radical (unpaired) electrons. The number of benzene rings is 3. The lowest BCUT2D eigenvalue weighted by molar-refractivity contribution is -0.137. The minimum absolute atomic E-state index is 0.479. The Labute approximate surface area is 186 Å². The van der Waals surface area contributed by atoms with E-state index < -0.39 is 11.7 Å². The number of pyridine rings is 1. The van der Waals surface area contributed by atoms with E-state index in [0.29, 0.717) is 22.5 Å². The number of alkyl halides is 3. The minimum atomic E-state index is -4.37. The average Bonchev–Trinajstić information content (AvgIpc) is 3.13. The Morgan fingerprint density at radius 3 is 2.61 bits per heavy atom. The Bertz CT molecular complexity index is 1600. The van der Waals surface area contributed by atoms with Gasteiger partial charge in [0.1, 0.15) is 5.69 Å². The van der Waals surface area contributed by atoms with Crippen LogP contribution >= 0.6 is 0 Å². The van der Waals surface area contributed by atoms with Gasteiger partial charge in [0, 0.05) is 28.9 Å². The molecule has 6 rings (SSSR count). The van der Waals surface area contributed by atoms with Gasteiger partial charge in [0.25, 0.3) is 0 Å². The summed E-state index contributed by atoms with van der Waals surface area (Å²) in [5.41, 5.74) is 4.19. The van der Waals surface area contributed by atoms with Gasteiger partial charge in [-0.1, -0.05) is 6.07 Å². The number of fused-ring (bicyclic) bond motifs is 4. The van der Waals surface area contributed by atoms with E-state index >= 15 is 0 Å². The number of ether oxygens (including phenoxy) is 1. The first-order valence-corrected chi connectivity index (χ1v) is 10.3. The van der Waals surface area contributed by atoms with Crippen LogP contribution in [0.2, 0.25) is 0 Å². The molecule has 0 unspecified atom stereocenters. The molecule has 3 aromatic carbocycles. The molecule has 0 spiro atoms. The van der Waals surface area contributed by atoms with Crippen molar-refractivity contribution >= 4 is 33.7 Å². The van der Waals surface area contributed by atoms with Gasteiger partial charge in [-0.25, -0.2) is 4.98 Å². The van der Waals surface area contributed by atoms with Gasteiger partial charge in [0.15, 0.2) is 5.75 Å². The summed E-state index contributed by atoms with van der Waals surface area (Å²) in [5.74, 6) is 1.13. The Kier molecular flexibility index (Phi) is 4.11. The second-order valence-corrected chi connectivity index (χ2v) is 8.05. The molecule has 2 aromatic heterocycles. The zero-order valence-electron chi connectivity index (χ0n) is 17.4. The van der Waals surface area contributed by atoms with Crippen LogP contribution < -0.4 is 4.74 Å². The third-order valence-corrected chi connectivity index (χ3v) is 5.75. The van der Waals surface area contributed by atoms with Crippen molar-refractivity contribution in [3.8, 4) is 17.3 Å². The third kappa shape index (κ3) is 3.33. The molecule has 0 fully saturated rings. The van der Waals surface area contributed by atoms with Crippen molar-refractivity contribution in [2.45, 2.75) is 13.1 Å². The van der Waals surface area contributed by atoms with Gasteiger partial charge in [0.2, 0.25) is 5.88 Å². The first-order chi connectivity index (χ1) is 15.8. The smallest absolute Gasteiger partial charge is 0.416 e. The highest BCUT2D eigenvalue weighted by Crippen LogP contribution is 2.37. The molecule has 1 aliphatic heterocycles. The van der Waals surface area contributed by atoms with Crippen LogP contribution in [-0.2, 0) is 6.18 Å². The topological polar surface area (TPSA) is 39.4 Å². The Morgan fingerprint density at radius 2 is 1.76 bits per heavy atom. The monoisotopic (exact) mass is 443 g/mol. The summed E-state index contributed by atoms with van der Waals surface area (Å²) in [6.07, 6.45) is -0.861. The highest BCUT2D eigenvalue weighted by Gasteiger charge is 2.30. The normalized spacial score (nSPS) is 13.0. The first kappa shape index (κ1) is 19.5. The van der Waals surface area contributed by atoms with Crippen molar-refractivity contribution in [3.63, 3.8) is 0 Å². The predicted molar refractivity (Wildman–Crippen MR) is 122 cm³/mol. The summed E-state index contributed by atoms with van der Waals surface area (Å²) < 4.78 is 47.1. The van der Waals surface area contributed by atoms with Crippen LogP contribution in [0.15, 0.2) is 77.9 Å². The van der Waals surface area contributed by atoms with Crippen LogP contribution in [-0.4, -0.2) is 15.8 Å². The quantitative estimate of drug-likeness (QED) is 0.266. The average molecular weight is 443 g/mol. The molecule has 0 aliphatic carbocycles. The van der Waals surface area contributed by atoms with Crippen molar-refractivity contribution < 1.29 is 17.9 Å². The van der Waals surface area contributed by atoms with Crippen LogP contribution in [0.25, 0.3) is 27.5 Å². The minimum Gasteiger partial charge on any atom is -0.436 e. The molecular weight excluding hydrogens is 427 g/mol. The van der Waals surface area contributed by atoms with E-state index in [0.717, 1.165) is 39.5 Å². The molecule has 0 saturated carbocycles. The Hall–Kier alpha value is -4.13. The van der Waals surface area contributed by atoms with E-state index in [9.17, 15) is 13.2 Å². The lowest BCUT2D eigenvalue weighted by Gasteiger charge is -2.11. The third-order valence-electron chi connectivity index (χ3n) is 5.75. The molecule has 162 valence electrons. The van der Waals surface area contributed by atoms with E-state index in [1.807, 2.05) is 54.0 Å². The fourth-order valence-corrected chi connectivity index (χ4v) is 4.09. The molecule has 0 bridgehead atoms. The predicted octanol–water partition coefficient (Wildman–Crippen LogP) is 7.36. The lowest BCUT2D eigenvalue weighted by Crippen LogP contribution is -2.04. The standard InChI is InChI=1S/C26H16F3N3O/c1-15-2-7-24-22(10-15)30-14-18-11-17-13-20(4-5-21(17)31-25(18)33-24)32-9-8-16-12-19(26(27,28)29)3-6-23(16)32/h2-14H,1H3. The summed E-state index contributed by atoms with van der Waals surface area (Å²) in [6.45, 7) is 2.00. The number of aryl methyl sites for hydroxylation is 1. The van der Waals surface area contributed by atoms with Crippen LogP contribution in [0.3, 0.4) is 0 Å². The lowest BCUT2D eigenvalue weighted by atomic mass is 10.1. The number of nitrogens with zero attached hydrogens (tertiary/aromatic N) is 3. The maximum absolute atomic E-state index is 13.1. The summed E-state index contributed by atoms with van der Waals surface area (Å²) >= 11 is 0. The second kappa shape index (κ2) is 6.93. The molecule has 0 amide bonds. The second-order valence-electron chi connectivity index (χ2n) is 8.05. The molecule has 1 aliphatic rings. The van der Waals surface area contributed by atoms with E-state index in [2.05, 4.69) is 9.98 Å². The van der Waals surface area contributed by atoms with Crippen LogP contribution in [0, 0.1) is 6.92 Å². The van der Waals surface area contributed by atoms with Gasteiger partial charge in [-0.15, -0.1) is 0 Å². The van der Waals surface area contributed by atoms with Gasteiger partial charge in [-0.05, 0) is 73.2 Å². The molecule has 7 heteroatoms. The molecule has 4 nitrogen and oxygen atoms in total. The number of hydrogen-bond donors (Lipinski definition) is 0. The molecular formula is C26H16F3N3O. The van der Waals surface area contributed by atoms with Crippen molar-refractivity contribution in [2.75, 3.05) is 0 Å². The number of halogens is 3. The summed E-state index contributed by atoms with van der Waals surface area (Å²) in [6, 6.07) is 18.9. The summed E-state index contributed by atoms with van der Waals surface area (Å²) in [7, 11) is 0. The van der Waals surface area contributed by atoms with Gasteiger partial charge >= 0.3 is 6.18 Å². The van der Waals surface area contributed by atoms with Crippen LogP contribution in [0.4, 0.5) is 18.9 Å². The summed E-state index contributed by atoms with van der Waals surface area (Å²) in [4.78, 5) is 9.22. The van der Waals surface area contributed by atoms with Crippen LogP contribution in [0.5, 0.6) is 11.6 Å². The van der Waals surface area contributed by atoms with Crippen molar-refractivity contribution in [3.05, 3.63) is 89.6 Å². The molecule has 0 saturated heterocycles. The fourth-order valence-electron chi connectivity index (χ4n) is 4.09. The van der Waals surface area contributed by atoms with Gasteiger partial charge in [-0.2, -0.15) is 13.2 Å². The summed E-state index contributed by atoms with van der Waals surface area (Å²) in [5, 5.41) is 1.40. The van der Waals surface area contributed by atoms with E-state index in [1.165, 1.54) is 12.1 Å². The van der Waals surface area contributed by atoms with Crippen molar-refractivity contribution in [1.82, 2.24) is 9.55 Å². The molecule has 33 heavy (non-hydrogen) atoms. The van der Waals surface area contributed by atoms with Gasteiger partial charge < -0.3 is 9.30 Å². The number of rotatable bonds is 1. The fraction of sp³-hybridized carbons (Fsp3) is 0.0769. The zero-order valence-corrected chi connectivity index (χ0v) is 17.4. The Balaban J connectivity index is 1.44. The van der Waals surface area contributed by atoms with Gasteiger partial charge in [0.05, 0.1) is 22.2 Å². The number of aliphatic imine (C=N–C) groups is 1. The van der Waals surface area contributed by atoms with Gasteiger partial charge in [-0.3, -0.25) is 4.99 Å². The first-order valence-electron chi connectivity index (χ1n) is 10.3.